The van der Waals surface area contributed by atoms with Gasteiger partial charge in [-0.05, 0) is 42.0 Å². The lowest BCUT2D eigenvalue weighted by molar-refractivity contribution is -0.113. The third-order valence-corrected chi connectivity index (χ3v) is 7.47. The van der Waals surface area contributed by atoms with Crippen LogP contribution in [0, 0.1) is 0 Å². The van der Waals surface area contributed by atoms with E-state index in [2.05, 4.69) is 16.7 Å². The van der Waals surface area contributed by atoms with Crippen LogP contribution in [0.3, 0.4) is 0 Å². The Bertz CT molecular complexity index is 1790. The maximum atomic E-state index is 13.7. The molecule has 0 aliphatic carbocycles. The third kappa shape index (κ3) is 4.00. The molecule has 5 aromatic rings. The van der Waals surface area contributed by atoms with E-state index in [9.17, 15) is 9.59 Å². The number of benzene rings is 3. The number of amides is 1. The number of nitrogens with zero attached hydrogens (tertiary/aromatic N) is 4. The highest BCUT2D eigenvalue weighted by molar-refractivity contribution is 7.15. The smallest absolute Gasteiger partial charge is 0.291 e. The molecule has 37 heavy (non-hydrogen) atoms. The Balaban J connectivity index is 1.42. The van der Waals surface area contributed by atoms with Crippen molar-refractivity contribution in [3.63, 3.8) is 0 Å². The van der Waals surface area contributed by atoms with Gasteiger partial charge in [0.2, 0.25) is 4.96 Å². The molecule has 0 saturated heterocycles. The minimum Gasteiger partial charge on any atom is -0.490 e. The van der Waals surface area contributed by atoms with Crippen molar-refractivity contribution in [1.29, 1.82) is 0 Å². The normalized spacial score (nSPS) is 14.3. The van der Waals surface area contributed by atoms with E-state index in [4.69, 9.17) is 16.3 Å². The summed E-state index contributed by atoms with van der Waals surface area (Å²) in [5.74, 6) is 0.874. The van der Waals surface area contributed by atoms with Crippen molar-refractivity contribution in [1.82, 2.24) is 14.6 Å². The van der Waals surface area contributed by atoms with Crippen molar-refractivity contribution in [3.05, 3.63) is 116 Å². The molecule has 6 rings (SSSR count). The molecule has 0 radical (unpaired) electrons. The van der Waals surface area contributed by atoms with E-state index in [1.165, 1.54) is 4.52 Å². The first-order valence-electron chi connectivity index (χ1n) is 11.5. The molecule has 182 valence electrons. The van der Waals surface area contributed by atoms with Crippen LogP contribution in [0.2, 0.25) is 5.02 Å². The summed E-state index contributed by atoms with van der Waals surface area (Å²) in [5.41, 5.74) is 3.00. The Labute approximate surface area is 220 Å². The standard InChI is InChI=1S/C28H19ClN4O3S/c1-2-15-36-19-13-11-17(12-14-19)25-30-28-33(31-25)27(35)24(37-28)23-20-8-4-6-10-22(20)32(26(23)34)16-18-7-3-5-9-21(18)29/h2-14H,1,15-16H2/b24-23-. The number of rotatable bonds is 6. The van der Waals surface area contributed by atoms with Crippen molar-refractivity contribution >= 4 is 45.1 Å². The molecule has 3 aromatic carbocycles. The fraction of sp³-hybridized carbons (Fsp3) is 0.0714. The van der Waals surface area contributed by atoms with E-state index in [1.807, 2.05) is 66.7 Å². The fourth-order valence-corrected chi connectivity index (χ4v) is 5.51. The molecule has 9 heteroatoms. The highest BCUT2D eigenvalue weighted by atomic mass is 35.5. The van der Waals surface area contributed by atoms with Gasteiger partial charge in [0.1, 0.15) is 16.9 Å². The fourth-order valence-electron chi connectivity index (χ4n) is 4.32. The summed E-state index contributed by atoms with van der Waals surface area (Å²) in [6.07, 6.45) is 1.67. The molecule has 0 saturated carbocycles. The minimum atomic E-state index is -0.373. The van der Waals surface area contributed by atoms with Crippen LogP contribution in [-0.2, 0) is 11.3 Å². The number of aromatic nitrogens is 3. The molecule has 0 spiro atoms. The van der Waals surface area contributed by atoms with Gasteiger partial charge in [-0.2, -0.15) is 9.50 Å². The Morgan fingerprint density at radius 2 is 1.76 bits per heavy atom. The summed E-state index contributed by atoms with van der Waals surface area (Å²) in [6, 6.07) is 22.2. The van der Waals surface area contributed by atoms with Crippen molar-refractivity contribution in [2.45, 2.75) is 6.54 Å². The largest absolute Gasteiger partial charge is 0.490 e. The average molecular weight is 527 g/mol. The van der Waals surface area contributed by atoms with Crippen LogP contribution >= 0.6 is 22.9 Å². The molecule has 0 unspecified atom stereocenters. The zero-order valence-corrected chi connectivity index (χ0v) is 21.0. The van der Waals surface area contributed by atoms with Crippen LogP contribution in [0.15, 0.2) is 90.2 Å². The van der Waals surface area contributed by atoms with Crippen molar-refractivity contribution in [2.75, 3.05) is 11.5 Å². The SMILES string of the molecule is C=CCOc1ccc(-c2nc3s/c(=C4\C(=O)N(Cc5ccccc5Cl)c5ccccc54)c(=O)n3n2)cc1. The predicted molar refractivity (Wildman–Crippen MR) is 145 cm³/mol. The molecule has 0 bridgehead atoms. The summed E-state index contributed by atoms with van der Waals surface area (Å²) in [7, 11) is 0. The van der Waals surface area contributed by atoms with Gasteiger partial charge in [0.25, 0.3) is 11.5 Å². The van der Waals surface area contributed by atoms with Gasteiger partial charge in [0, 0.05) is 16.1 Å². The number of anilines is 1. The molecule has 1 aliphatic rings. The second kappa shape index (κ2) is 9.31. The lowest BCUT2D eigenvalue weighted by atomic mass is 10.1. The zero-order chi connectivity index (χ0) is 25.5. The van der Waals surface area contributed by atoms with Gasteiger partial charge in [-0.3, -0.25) is 9.59 Å². The number of para-hydroxylation sites is 1. The Hall–Kier alpha value is -4.27. The van der Waals surface area contributed by atoms with E-state index in [1.54, 1.807) is 17.0 Å². The second-order valence-corrected chi connectivity index (χ2v) is 9.75. The molecule has 1 amide bonds. The molecular formula is C28H19ClN4O3S. The van der Waals surface area contributed by atoms with Crippen LogP contribution in [0.25, 0.3) is 21.9 Å². The molecule has 0 fully saturated rings. The highest BCUT2D eigenvalue weighted by Crippen LogP contribution is 2.37. The maximum absolute atomic E-state index is 13.7. The van der Waals surface area contributed by atoms with Crippen LogP contribution in [0.5, 0.6) is 5.75 Å². The van der Waals surface area contributed by atoms with E-state index in [0.29, 0.717) is 50.4 Å². The lowest BCUT2D eigenvalue weighted by Gasteiger charge is -2.17. The first kappa shape index (κ1) is 23.1. The Kier molecular flexibility index (Phi) is 5.82. The van der Waals surface area contributed by atoms with E-state index in [-0.39, 0.29) is 11.5 Å². The first-order chi connectivity index (χ1) is 18.0. The molecule has 0 atom stereocenters. The van der Waals surface area contributed by atoms with Gasteiger partial charge in [0.15, 0.2) is 5.82 Å². The summed E-state index contributed by atoms with van der Waals surface area (Å²) in [4.78, 5) is 33.7. The molecule has 3 heterocycles. The second-order valence-electron chi connectivity index (χ2n) is 8.37. The van der Waals surface area contributed by atoms with E-state index < -0.39 is 0 Å². The minimum absolute atomic E-state index is 0.252. The van der Waals surface area contributed by atoms with Gasteiger partial charge < -0.3 is 9.64 Å². The molecule has 1 aliphatic heterocycles. The van der Waals surface area contributed by atoms with Gasteiger partial charge in [-0.1, -0.05) is 72.0 Å². The molecular weight excluding hydrogens is 508 g/mol. The zero-order valence-electron chi connectivity index (χ0n) is 19.4. The number of hydrogen-bond acceptors (Lipinski definition) is 6. The predicted octanol–water partition coefficient (Wildman–Crippen LogP) is 4.50. The molecule has 7 nitrogen and oxygen atoms in total. The molecule has 0 N–H and O–H groups in total. The summed E-state index contributed by atoms with van der Waals surface area (Å²) >= 11 is 7.53. The number of carbonyl (C=O) groups is 1. The van der Waals surface area contributed by atoms with E-state index in [0.717, 1.165) is 28.2 Å². The summed E-state index contributed by atoms with van der Waals surface area (Å²) in [5, 5.41) is 5.02. The number of carbonyl (C=O) groups excluding carboxylic acids is 1. The Morgan fingerprint density at radius 1 is 1.00 bits per heavy atom. The van der Waals surface area contributed by atoms with Gasteiger partial charge in [-0.25, -0.2) is 0 Å². The van der Waals surface area contributed by atoms with Gasteiger partial charge >= 0.3 is 0 Å². The monoisotopic (exact) mass is 526 g/mol. The van der Waals surface area contributed by atoms with Gasteiger partial charge in [0.05, 0.1) is 17.8 Å². The first-order valence-corrected chi connectivity index (χ1v) is 12.7. The quantitative estimate of drug-likeness (QED) is 0.304. The number of hydrogen-bond donors (Lipinski definition) is 0. The number of thiazole rings is 1. The maximum Gasteiger partial charge on any atom is 0.291 e. The summed E-state index contributed by atoms with van der Waals surface area (Å²) < 4.78 is 7.09. The van der Waals surface area contributed by atoms with Crippen molar-refractivity contribution in [3.8, 4) is 17.1 Å². The average Bonchev–Trinajstić information content (AvgIpc) is 3.55. The van der Waals surface area contributed by atoms with Crippen LogP contribution in [0.1, 0.15) is 11.1 Å². The topological polar surface area (TPSA) is 76.8 Å². The lowest BCUT2D eigenvalue weighted by Crippen LogP contribution is -2.32. The van der Waals surface area contributed by atoms with Crippen LogP contribution in [-0.4, -0.2) is 27.1 Å². The number of fused-ring (bicyclic) bond motifs is 2. The van der Waals surface area contributed by atoms with Crippen LogP contribution < -0.4 is 19.7 Å². The van der Waals surface area contributed by atoms with Crippen molar-refractivity contribution < 1.29 is 9.53 Å². The van der Waals surface area contributed by atoms with Gasteiger partial charge in [-0.15, -0.1) is 5.10 Å². The number of halogens is 1. The third-order valence-electron chi connectivity index (χ3n) is 6.07. The number of ether oxygens (including phenoxy) is 1. The highest BCUT2D eigenvalue weighted by Gasteiger charge is 2.34. The van der Waals surface area contributed by atoms with Crippen molar-refractivity contribution in [2.24, 2.45) is 0 Å². The van der Waals surface area contributed by atoms with Crippen LogP contribution in [0.4, 0.5) is 5.69 Å². The Morgan fingerprint density at radius 3 is 2.51 bits per heavy atom. The summed E-state index contributed by atoms with van der Waals surface area (Å²) in [6.45, 7) is 4.35. The van der Waals surface area contributed by atoms with E-state index >= 15 is 0 Å². The molecule has 2 aromatic heterocycles.